The monoisotopic (exact) mass is 282 g/mol. The molecule has 1 saturated carbocycles. The van der Waals surface area contributed by atoms with E-state index >= 15 is 0 Å². The number of pyridine rings is 1. The van der Waals surface area contributed by atoms with E-state index in [1.165, 1.54) is 0 Å². The molecule has 0 atom stereocenters. The first-order chi connectivity index (χ1) is 9.35. The third kappa shape index (κ3) is 2.81. The lowest BCUT2D eigenvalue weighted by molar-refractivity contribution is -0.0383. The molecule has 0 saturated heterocycles. The molecular formula is C15H20F2N2O. The van der Waals surface area contributed by atoms with Crippen molar-refractivity contribution >= 4 is 5.91 Å². The Labute approximate surface area is 117 Å². The third-order valence-corrected chi connectivity index (χ3v) is 4.14. The average molecular weight is 282 g/mol. The van der Waals surface area contributed by atoms with E-state index in [2.05, 4.69) is 4.98 Å². The summed E-state index contributed by atoms with van der Waals surface area (Å²) in [6, 6.07) is 0. The second-order valence-corrected chi connectivity index (χ2v) is 5.51. The summed E-state index contributed by atoms with van der Waals surface area (Å²) in [6.07, 6.45) is 2.99. The molecule has 2 rings (SSSR count). The molecule has 1 aliphatic rings. The smallest absolute Gasteiger partial charge is 0.250 e. The fraction of sp³-hybridized carbons (Fsp3) is 0.600. The van der Waals surface area contributed by atoms with Crippen molar-refractivity contribution in [1.29, 1.82) is 0 Å². The molecule has 1 aromatic rings. The zero-order valence-corrected chi connectivity index (χ0v) is 11.9. The lowest BCUT2D eigenvalue weighted by atomic mass is 9.78. The first-order valence-electron chi connectivity index (χ1n) is 7.01. The number of aryl methyl sites for hydroxylation is 2. The largest absolute Gasteiger partial charge is 0.366 e. The molecule has 1 amide bonds. The Morgan fingerprint density at radius 1 is 1.45 bits per heavy atom. The molecular weight excluding hydrogens is 262 g/mol. The van der Waals surface area contributed by atoms with Gasteiger partial charge in [0.2, 0.25) is 5.92 Å². The number of halogens is 2. The molecule has 2 N–H and O–H groups in total. The Morgan fingerprint density at radius 2 is 2.05 bits per heavy atom. The van der Waals surface area contributed by atoms with Crippen LogP contribution in [0.5, 0.6) is 0 Å². The maximum atomic E-state index is 13.3. The molecule has 1 aromatic heterocycles. The Bertz CT molecular complexity index is 519. The minimum atomic E-state index is -2.57. The van der Waals surface area contributed by atoms with Gasteiger partial charge in [-0.2, -0.15) is 0 Å². The van der Waals surface area contributed by atoms with Crippen LogP contribution in [-0.2, 0) is 6.42 Å². The number of amides is 1. The van der Waals surface area contributed by atoms with Gasteiger partial charge in [-0.05, 0) is 43.2 Å². The van der Waals surface area contributed by atoms with Gasteiger partial charge in [-0.15, -0.1) is 0 Å². The molecule has 0 aromatic carbocycles. The van der Waals surface area contributed by atoms with Crippen molar-refractivity contribution in [2.45, 2.75) is 57.8 Å². The highest BCUT2D eigenvalue weighted by Gasteiger charge is 2.37. The fourth-order valence-corrected chi connectivity index (χ4v) is 3.05. The molecule has 5 heteroatoms. The quantitative estimate of drug-likeness (QED) is 0.924. The van der Waals surface area contributed by atoms with E-state index in [-0.39, 0.29) is 18.8 Å². The van der Waals surface area contributed by atoms with Crippen molar-refractivity contribution < 1.29 is 13.6 Å². The van der Waals surface area contributed by atoms with Crippen LogP contribution in [0.4, 0.5) is 8.78 Å². The number of hydrogen-bond acceptors (Lipinski definition) is 2. The van der Waals surface area contributed by atoms with Crippen molar-refractivity contribution in [2.24, 2.45) is 5.73 Å². The summed E-state index contributed by atoms with van der Waals surface area (Å²) in [6.45, 7) is 3.71. The average Bonchev–Trinajstić information content (AvgIpc) is 2.38. The fourth-order valence-electron chi connectivity index (χ4n) is 3.05. The van der Waals surface area contributed by atoms with Crippen LogP contribution in [-0.4, -0.2) is 16.8 Å². The van der Waals surface area contributed by atoms with Crippen LogP contribution in [0.3, 0.4) is 0 Å². The topological polar surface area (TPSA) is 56.0 Å². The zero-order chi connectivity index (χ0) is 14.9. The SMILES string of the molecule is CCc1cnc(C)c(C(N)=O)c1C1CCC(F)(F)CC1. The summed E-state index contributed by atoms with van der Waals surface area (Å²) >= 11 is 0. The summed E-state index contributed by atoms with van der Waals surface area (Å²) < 4.78 is 26.6. The number of carbonyl (C=O) groups is 1. The Balaban J connectivity index is 2.44. The van der Waals surface area contributed by atoms with Gasteiger partial charge in [-0.25, -0.2) is 8.78 Å². The minimum absolute atomic E-state index is 0.0197. The van der Waals surface area contributed by atoms with Crippen LogP contribution < -0.4 is 5.73 Å². The van der Waals surface area contributed by atoms with E-state index in [1.54, 1.807) is 13.1 Å². The summed E-state index contributed by atoms with van der Waals surface area (Å²) in [5, 5.41) is 0. The zero-order valence-electron chi connectivity index (χ0n) is 11.9. The Morgan fingerprint density at radius 3 is 2.55 bits per heavy atom. The summed E-state index contributed by atoms with van der Waals surface area (Å²) in [7, 11) is 0. The number of nitrogens with two attached hydrogens (primary N) is 1. The van der Waals surface area contributed by atoms with E-state index < -0.39 is 11.8 Å². The van der Waals surface area contributed by atoms with Crippen molar-refractivity contribution in [3.8, 4) is 0 Å². The molecule has 0 unspecified atom stereocenters. The van der Waals surface area contributed by atoms with Gasteiger partial charge in [0.15, 0.2) is 0 Å². The summed E-state index contributed by atoms with van der Waals surface area (Å²) in [4.78, 5) is 15.9. The number of carbonyl (C=O) groups excluding carboxylic acids is 1. The van der Waals surface area contributed by atoms with Crippen LogP contribution in [0.1, 0.15) is 65.7 Å². The molecule has 1 fully saturated rings. The maximum Gasteiger partial charge on any atom is 0.250 e. The molecule has 1 heterocycles. The second-order valence-electron chi connectivity index (χ2n) is 5.51. The number of hydrogen-bond donors (Lipinski definition) is 1. The van der Waals surface area contributed by atoms with Crippen LogP contribution in [0.25, 0.3) is 0 Å². The standard InChI is InChI=1S/C15H20F2N2O/c1-3-10-8-19-9(2)12(14(18)20)13(10)11-4-6-15(16,17)7-5-11/h8,11H,3-7H2,1-2H3,(H2,18,20). The van der Waals surface area contributed by atoms with E-state index in [4.69, 9.17) is 5.73 Å². The molecule has 0 bridgehead atoms. The summed E-state index contributed by atoms with van der Waals surface area (Å²) in [5.74, 6) is -3.11. The van der Waals surface area contributed by atoms with Crippen LogP contribution in [0, 0.1) is 6.92 Å². The Kier molecular flexibility index (Phi) is 4.06. The van der Waals surface area contributed by atoms with Gasteiger partial charge in [-0.3, -0.25) is 9.78 Å². The predicted molar refractivity (Wildman–Crippen MR) is 73.0 cm³/mol. The van der Waals surface area contributed by atoms with Gasteiger partial charge >= 0.3 is 0 Å². The van der Waals surface area contributed by atoms with Gasteiger partial charge in [-0.1, -0.05) is 6.92 Å². The van der Waals surface area contributed by atoms with Crippen molar-refractivity contribution in [3.63, 3.8) is 0 Å². The van der Waals surface area contributed by atoms with E-state index in [0.29, 0.717) is 24.1 Å². The van der Waals surface area contributed by atoms with Gasteiger partial charge in [0, 0.05) is 19.0 Å². The number of nitrogens with zero attached hydrogens (tertiary/aromatic N) is 1. The molecule has 3 nitrogen and oxygen atoms in total. The molecule has 20 heavy (non-hydrogen) atoms. The predicted octanol–water partition coefficient (Wildman–Crippen LogP) is 3.34. The van der Waals surface area contributed by atoms with E-state index in [0.717, 1.165) is 17.5 Å². The van der Waals surface area contributed by atoms with Crippen LogP contribution in [0.2, 0.25) is 0 Å². The van der Waals surface area contributed by atoms with Gasteiger partial charge in [0.25, 0.3) is 5.91 Å². The Hall–Kier alpha value is -1.52. The first-order valence-corrected chi connectivity index (χ1v) is 7.01. The highest BCUT2D eigenvalue weighted by Crippen LogP contribution is 2.43. The minimum Gasteiger partial charge on any atom is -0.366 e. The number of primary amides is 1. The third-order valence-electron chi connectivity index (χ3n) is 4.14. The molecule has 0 aliphatic heterocycles. The molecule has 1 aliphatic carbocycles. The van der Waals surface area contributed by atoms with Crippen molar-refractivity contribution in [2.75, 3.05) is 0 Å². The first kappa shape index (κ1) is 14.9. The lowest BCUT2D eigenvalue weighted by Gasteiger charge is -2.30. The second kappa shape index (κ2) is 5.46. The normalized spacial score (nSPS) is 19.0. The van der Waals surface area contributed by atoms with Crippen LogP contribution >= 0.6 is 0 Å². The number of aromatic nitrogens is 1. The van der Waals surface area contributed by atoms with Crippen molar-refractivity contribution in [1.82, 2.24) is 4.98 Å². The maximum absolute atomic E-state index is 13.3. The van der Waals surface area contributed by atoms with E-state index in [9.17, 15) is 13.6 Å². The number of alkyl halides is 2. The van der Waals surface area contributed by atoms with E-state index in [1.807, 2.05) is 6.92 Å². The van der Waals surface area contributed by atoms with Gasteiger partial charge < -0.3 is 5.73 Å². The highest BCUT2D eigenvalue weighted by atomic mass is 19.3. The molecule has 0 spiro atoms. The molecule has 0 radical (unpaired) electrons. The lowest BCUT2D eigenvalue weighted by Crippen LogP contribution is -2.27. The van der Waals surface area contributed by atoms with Crippen LogP contribution in [0.15, 0.2) is 6.20 Å². The molecule has 110 valence electrons. The van der Waals surface area contributed by atoms with Crippen molar-refractivity contribution in [3.05, 3.63) is 28.6 Å². The highest BCUT2D eigenvalue weighted by molar-refractivity contribution is 5.96. The number of rotatable bonds is 3. The van der Waals surface area contributed by atoms with Gasteiger partial charge in [0.1, 0.15) is 0 Å². The summed E-state index contributed by atoms with van der Waals surface area (Å²) in [5.41, 5.74) is 8.28. The van der Waals surface area contributed by atoms with Gasteiger partial charge in [0.05, 0.1) is 11.3 Å².